The van der Waals surface area contributed by atoms with Crippen LogP contribution in [-0.2, 0) is 4.74 Å². The molecule has 0 spiro atoms. The van der Waals surface area contributed by atoms with Crippen molar-refractivity contribution < 1.29 is 13.9 Å². The van der Waals surface area contributed by atoms with Crippen molar-refractivity contribution in [2.75, 3.05) is 18.0 Å². The van der Waals surface area contributed by atoms with Crippen molar-refractivity contribution in [3.63, 3.8) is 0 Å². The fraction of sp³-hybridized carbons (Fsp3) is 0.357. The molecule has 3 aromatic heterocycles. The van der Waals surface area contributed by atoms with E-state index < -0.39 is 5.60 Å². The number of anilines is 1. The van der Waals surface area contributed by atoms with Crippen molar-refractivity contribution >= 4 is 22.9 Å². The van der Waals surface area contributed by atoms with Crippen LogP contribution in [0.5, 0.6) is 0 Å². The van der Waals surface area contributed by atoms with E-state index >= 15 is 4.39 Å². The Morgan fingerprint density at radius 1 is 0.973 bits per heavy atom. The molecular formula is C28H31FN6O2. The van der Waals surface area contributed by atoms with Gasteiger partial charge in [-0.1, -0.05) is 24.3 Å². The average molecular weight is 503 g/mol. The molecule has 9 heteroatoms. The lowest BCUT2D eigenvalue weighted by Gasteiger charge is -2.44. The Hall–Kier alpha value is -4.01. The summed E-state index contributed by atoms with van der Waals surface area (Å²) < 4.78 is 22.6. The quantitative estimate of drug-likeness (QED) is 0.371. The van der Waals surface area contributed by atoms with E-state index in [2.05, 4.69) is 21.8 Å². The number of rotatable bonds is 3. The fourth-order valence-corrected chi connectivity index (χ4v) is 4.81. The van der Waals surface area contributed by atoms with E-state index in [4.69, 9.17) is 9.72 Å². The molecule has 0 aliphatic carbocycles. The highest BCUT2D eigenvalue weighted by Gasteiger charge is 2.36. The van der Waals surface area contributed by atoms with E-state index in [1.54, 1.807) is 23.2 Å². The number of carbonyl (C=O) groups is 1. The largest absolute Gasteiger partial charge is 0.444 e. The first-order valence-electron chi connectivity index (χ1n) is 12.4. The van der Waals surface area contributed by atoms with Gasteiger partial charge in [0.15, 0.2) is 5.65 Å². The van der Waals surface area contributed by atoms with Crippen molar-refractivity contribution in [2.24, 2.45) is 0 Å². The maximum absolute atomic E-state index is 15.1. The lowest BCUT2D eigenvalue weighted by atomic mass is 10.0. The van der Waals surface area contributed by atoms with Gasteiger partial charge in [-0.2, -0.15) is 0 Å². The van der Waals surface area contributed by atoms with Gasteiger partial charge in [-0.25, -0.2) is 24.1 Å². The summed E-state index contributed by atoms with van der Waals surface area (Å²) in [6, 6.07) is 12.2. The number of pyridine rings is 1. The molecule has 0 unspecified atom stereocenters. The molecule has 1 amide bonds. The zero-order chi connectivity index (χ0) is 26.3. The van der Waals surface area contributed by atoms with Gasteiger partial charge in [0.1, 0.15) is 29.4 Å². The summed E-state index contributed by atoms with van der Waals surface area (Å²) in [5.74, 6) is 1.05. The van der Waals surface area contributed by atoms with Crippen LogP contribution in [0.25, 0.3) is 28.0 Å². The van der Waals surface area contributed by atoms with Crippen LogP contribution in [0.3, 0.4) is 0 Å². The number of piperazine rings is 1. The molecule has 8 nitrogen and oxygen atoms in total. The second-order valence-electron chi connectivity index (χ2n) is 10.5. The van der Waals surface area contributed by atoms with Crippen LogP contribution in [-0.4, -0.2) is 61.3 Å². The Morgan fingerprint density at radius 2 is 1.73 bits per heavy atom. The second-order valence-corrected chi connectivity index (χ2v) is 10.5. The van der Waals surface area contributed by atoms with Gasteiger partial charge in [-0.05, 0) is 52.8 Å². The standard InChI is InChI=1S/C28H31FN6O2/c1-18-15-34(27(36)37-28(3,4)5)19(2)14-33(18)25-24-21(20-10-6-7-11-22(20)29)16-35(26(24)32-17-31-25)23-12-8-9-13-30-23/h6-13,16-19H,14-15H2,1-5H3/t18-,19+/m0/s1. The summed E-state index contributed by atoms with van der Waals surface area (Å²) in [4.78, 5) is 30.6. The molecule has 2 atom stereocenters. The van der Waals surface area contributed by atoms with Crippen LogP contribution in [0.4, 0.5) is 15.0 Å². The molecule has 5 rings (SSSR count). The Morgan fingerprint density at radius 3 is 2.43 bits per heavy atom. The van der Waals surface area contributed by atoms with Crippen molar-refractivity contribution in [2.45, 2.75) is 52.3 Å². The highest BCUT2D eigenvalue weighted by Crippen LogP contribution is 2.39. The number of amides is 1. The van der Waals surface area contributed by atoms with Gasteiger partial charge in [0.25, 0.3) is 0 Å². The Kier molecular flexibility index (Phi) is 6.31. The number of nitrogens with zero attached hydrogens (tertiary/aromatic N) is 6. The highest BCUT2D eigenvalue weighted by atomic mass is 19.1. The van der Waals surface area contributed by atoms with Gasteiger partial charge in [0.2, 0.25) is 0 Å². The van der Waals surface area contributed by atoms with Crippen LogP contribution in [0, 0.1) is 5.82 Å². The van der Waals surface area contributed by atoms with Crippen molar-refractivity contribution in [3.05, 3.63) is 67.0 Å². The Balaban J connectivity index is 1.62. The molecule has 0 saturated carbocycles. The van der Waals surface area contributed by atoms with Crippen LogP contribution in [0.15, 0.2) is 61.2 Å². The first kappa shape index (κ1) is 24.7. The smallest absolute Gasteiger partial charge is 0.410 e. The highest BCUT2D eigenvalue weighted by molar-refractivity contribution is 6.02. The molecule has 1 fully saturated rings. The van der Waals surface area contributed by atoms with Gasteiger partial charge in [-0.15, -0.1) is 0 Å². The van der Waals surface area contributed by atoms with Gasteiger partial charge < -0.3 is 14.5 Å². The number of hydrogen-bond acceptors (Lipinski definition) is 6. The van der Waals surface area contributed by atoms with E-state index in [9.17, 15) is 4.79 Å². The molecule has 0 radical (unpaired) electrons. The van der Waals surface area contributed by atoms with Crippen molar-refractivity contribution in [3.8, 4) is 16.9 Å². The predicted octanol–water partition coefficient (Wildman–Crippen LogP) is 5.46. The number of aromatic nitrogens is 4. The Bertz CT molecular complexity index is 1430. The Labute approximate surface area is 215 Å². The molecule has 192 valence electrons. The molecule has 1 aliphatic rings. The molecule has 0 bridgehead atoms. The van der Waals surface area contributed by atoms with Crippen LogP contribution in [0.2, 0.25) is 0 Å². The van der Waals surface area contributed by atoms with Crippen molar-refractivity contribution in [1.82, 2.24) is 24.4 Å². The first-order valence-corrected chi connectivity index (χ1v) is 12.4. The third kappa shape index (κ3) is 4.73. The van der Waals surface area contributed by atoms with Crippen LogP contribution >= 0.6 is 0 Å². The number of fused-ring (bicyclic) bond motifs is 1. The molecular weight excluding hydrogens is 471 g/mol. The monoisotopic (exact) mass is 502 g/mol. The molecule has 0 N–H and O–H groups in total. The topological polar surface area (TPSA) is 76.4 Å². The maximum Gasteiger partial charge on any atom is 0.410 e. The lowest BCUT2D eigenvalue weighted by molar-refractivity contribution is 0.0130. The number of benzene rings is 1. The molecule has 1 aliphatic heterocycles. The summed E-state index contributed by atoms with van der Waals surface area (Å²) in [6.45, 7) is 10.7. The minimum Gasteiger partial charge on any atom is -0.444 e. The molecule has 37 heavy (non-hydrogen) atoms. The summed E-state index contributed by atoms with van der Waals surface area (Å²) in [5, 5.41) is 0.739. The number of ether oxygens (including phenoxy) is 1. The molecule has 1 aromatic carbocycles. The van der Waals surface area contributed by atoms with Gasteiger partial charge >= 0.3 is 6.09 Å². The zero-order valence-corrected chi connectivity index (χ0v) is 21.7. The molecule has 4 aromatic rings. The van der Waals surface area contributed by atoms with E-state index in [1.165, 1.54) is 12.4 Å². The third-order valence-electron chi connectivity index (χ3n) is 6.51. The maximum atomic E-state index is 15.1. The lowest BCUT2D eigenvalue weighted by Crippen LogP contribution is -2.59. The molecule has 4 heterocycles. The van der Waals surface area contributed by atoms with Gasteiger partial charge in [0.05, 0.1) is 5.39 Å². The molecule has 1 saturated heterocycles. The second kappa shape index (κ2) is 9.46. The minimum absolute atomic E-state index is 0.0616. The van der Waals surface area contributed by atoms with E-state index in [0.717, 1.165) is 5.39 Å². The number of hydrogen-bond donors (Lipinski definition) is 0. The van der Waals surface area contributed by atoms with Gasteiger partial charge in [-0.3, -0.25) is 4.57 Å². The number of halogens is 1. The predicted molar refractivity (Wildman–Crippen MR) is 141 cm³/mol. The van der Waals surface area contributed by atoms with E-state index in [0.29, 0.717) is 41.5 Å². The third-order valence-corrected chi connectivity index (χ3v) is 6.51. The normalized spacial score (nSPS) is 18.3. The minimum atomic E-state index is -0.570. The summed E-state index contributed by atoms with van der Waals surface area (Å²) in [6.07, 6.45) is 4.79. The average Bonchev–Trinajstić information content (AvgIpc) is 3.25. The van der Waals surface area contributed by atoms with Crippen molar-refractivity contribution in [1.29, 1.82) is 0 Å². The SMILES string of the molecule is C[C@@H]1CN(c2ncnc3c2c(-c2ccccc2F)cn3-c2ccccn2)[C@@H](C)CN1C(=O)OC(C)(C)C. The van der Waals surface area contributed by atoms with E-state index in [-0.39, 0.29) is 24.0 Å². The summed E-state index contributed by atoms with van der Waals surface area (Å²) in [7, 11) is 0. The summed E-state index contributed by atoms with van der Waals surface area (Å²) >= 11 is 0. The number of carbonyl (C=O) groups excluding carboxylic acids is 1. The summed E-state index contributed by atoms with van der Waals surface area (Å²) in [5.41, 5.74) is 1.21. The zero-order valence-electron chi connectivity index (χ0n) is 21.7. The van der Waals surface area contributed by atoms with Crippen LogP contribution < -0.4 is 4.90 Å². The first-order chi connectivity index (χ1) is 17.6. The van der Waals surface area contributed by atoms with E-state index in [1.807, 2.05) is 62.7 Å². The van der Waals surface area contributed by atoms with Gasteiger partial charge in [0, 0.05) is 48.7 Å². The van der Waals surface area contributed by atoms with Crippen LogP contribution in [0.1, 0.15) is 34.6 Å². The fourth-order valence-electron chi connectivity index (χ4n) is 4.81.